The molecule has 0 aliphatic rings. The minimum Gasteiger partial charge on any atom is -0.495 e. The first-order chi connectivity index (χ1) is 13.9. The summed E-state index contributed by atoms with van der Waals surface area (Å²) in [7, 11) is 2.94. The van der Waals surface area contributed by atoms with Gasteiger partial charge >= 0.3 is 5.69 Å². The van der Waals surface area contributed by atoms with E-state index in [-0.39, 0.29) is 17.3 Å². The summed E-state index contributed by atoms with van der Waals surface area (Å²) in [6, 6.07) is 10.2. The molecule has 0 unspecified atom stereocenters. The molecule has 0 atom stereocenters. The Labute approximate surface area is 179 Å². The predicted octanol–water partition coefficient (Wildman–Crippen LogP) is 5.31. The van der Waals surface area contributed by atoms with Gasteiger partial charge in [-0.3, -0.25) is 10.1 Å². The van der Waals surface area contributed by atoms with Crippen molar-refractivity contribution in [3.63, 3.8) is 0 Å². The molecule has 2 aromatic carbocycles. The van der Waals surface area contributed by atoms with Crippen LogP contribution in [0.2, 0.25) is 5.02 Å². The molecule has 2 N–H and O–H groups in total. The molecule has 1 heterocycles. The van der Waals surface area contributed by atoms with Crippen LogP contribution in [0.15, 0.2) is 47.2 Å². The first-order valence-electron chi connectivity index (χ1n) is 8.13. The van der Waals surface area contributed by atoms with Gasteiger partial charge in [-0.15, -0.1) is 0 Å². The number of aromatic nitrogens is 2. The van der Waals surface area contributed by atoms with Crippen LogP contribution in [0, 0.1) is 10.1 Å². The largest absolute Gasteiger partial charge is 0.495 e. The number of halogens is 2. The second-order valence-corrected chi connectivity index (χ2v) is 6.94. The molecule has 29 heavy (non-hydrogen) atoms. The third-order valence-corrected chi connectivity index (χ3v) is 4.66. The highest BCUT2D eigenvalue weighted by atomic mass is 79.9. The van der Waals surface area contributed by atoms with Crippen molar-refractivity contribution in [2.45, 2.75) is 0 Å². The Hall–Kier alpha value is -3.11. The van der Waals surface area contributed by atoms with E-state index in [9.17, 15) is 10.1 Å². The second-order valence-electron chi connectivity index (χ2n) is 5.62. The van der Waals surface area contributed by atoms with E-state index in [1.807, 2.05) is 0 Å². The highest BCUT2D eigenvalue weighted by Crippen LogP contribution is 2.39. The van der Waals surface area contributed by atoms with Gasteiger partial charge in [0.1, 0.15) is 17.8 Å². The van der Waals surface area contributed by atoms with Crippen LogP contribution in [0.25, 0.3) is 0 Å². The monoisotopic (exact) mass is 479 g/mol. The van der Waals surface area contributed by atoms with Crippen molar-refractivity contribution in [2.24, 2.45) is 0 Å². The molecule has 0 aliphatic carbocycles. The molecular formula is C18H15BrClN5O4. The summed E-state index contributed by atoms with van der Waals surface area (Å²) < 4.78 is 11.4. The first kappa shape index (κ1) is 20.6. The molecule has 3 aromatic rings. The lowest BCUT2D eigenvalue weighted by atomic mass is 10.2. The number of hydrogen-bond donors (Lipinski definition) is 2. The minimum atomic E-state index is -0.568. The van der Waals surface area contributed by atoms with Crippen molar-refractivity contribution in [3.8, 4) is 11.5 Å². The molecular weight excluding hydrogens is 466 g/mol. The van der Waals surface area contributed by atoms with Crippen LogP contribution >= 0.6 is 27.5 Å². The topological polar surface area (TPSA) is 111 Å². The fourth-order valence-corrected chi connectivity index (χ4v) is 3.00. The van der Waals surface area contributed by atoms with E-state index in [4.69, 9.17) is 21.1 Å². The summed E-state index contributed by atoms with van der Waals surface area (Å²) in [6.45, 7) is 0. The van der Waals surface area contributed by atoms with Crippen molar-refractivity contribution in [1.29, 1.82) is 0 Å². The van der Waals surface area contributed by atoms with E-state index >= 15 is 0 Å². The van der Waals surface area contributed by atoms with Crippen molar-refractivity contribution < 1.29 is 14.4 Å². The Morgan fingerprint density at radius 1 is 1.03 bits per heavy atom. The van der Waals surface area contributed by atoms with Gasteiger partial charge in [-0.1, -0.05) is 27.5 Å². The molecule has 0 spiro atoms. The highest BCUT2D eigenvalue weighted by molar-refractivity contribution is 9.10. The van der Waals surface area contributed by atoms with E-state index in [0.29, 0.717) is 27.9 Å². The number of methoxy groups -OCH3 is 2. The summed E-state index contributed by atoms with van der Waals surface area (Å²) in [5.41, 5.74) is 0.685. The van der Waals surface area contributed by atoms with E-state index in [1.54, 1.807) is 30.3 Å². The Kier molecular flexibility index (Phi) is 6.35. The van der Waals surface area contributed by atoms with Gasteiger partial charge in [0, 0.05) is 16.2 Å². The molecule has 0 bridgehead atoms. The third-order valence-electron chi connectivity index (χ3n) is 3.84. The van der Waals surface area contributed by atoms with Crippen molar-refractivity contribution >= 4 is 56.2 Å². The van der Waals surface area contributed by atoms with Crippen LogP contribution in [0.1, 0.15) is 0 Å². The SMILES string of the molecule is COc1cc(OC)c(Nc2ncnc(Nc3ccc(Br)cc3)c2[N+](=O)[O-])cc1Cl. The molecule has 9 nitrogen and oxygen atoms in total. The Balaban J connectivity index is 2.01. The fourth-order valence-electron chi connectivity index (χ4n) is 2.49. The number of nitrogens with one attached hydrogen (secondary N) is 2. The molecule has 1 aromatic heterocycles. The first-order valence-corrected chi connectivity index (χ1v) is 9.30. The predicted molar refractivity (Wildman–Crippen MR) is 114 cm³/mol. The van der Waals surface area contributed by atoms with E-state index in [0.717, 1.165) is 4.47 Å². The Morgan fingerprint density at radius 2 is 1.66 bits per heavy atom. The summed E-state index contributed by atoms with van der Waals surface area (Å²) in [5, 5.41) is 17.9. The summed E-state index contributed by atoms with van der Waals surface area (Å²) >= 11 is 9.52. The van der Waals surface area contributed by atoms with Crippen LogP contribution in [-0.4, -0.2) is 29.1 Å². The highest BCUT2D eigenvalue weighted by Gasteiger charge is 2.24. The van der Waals surface area contributed by atoms with Gasteiger partial charge in [0.2, 0.25) is 11.6 Å². The van der Waals surface area contributed by atoms with Crippen LogP contribution in [0.4, 0.5) is 28.7 Å². The van der Waals surface area contributed by atoms with Crippen molar-refractivity contribution in [3.05, 3.63) is 62.3 Å². The van der Waals surface area contributed by atoms with Gasteiger partial charge in [-0.25, -0.2) is 9.97 Å². The molecule has 0 aliphatic heterocycles. The zero-order valence-corrected chi connectivity index (χ0v) is 17.6. The second kappa shape index (κ2) is 8.93. The standard InChI is InChI=1S/C18H15BrClN5O4/c1-28-14-8-15(29-2)13(7-12(14)20)24-18-16(25(26)27)17(21-9-22-18)23-11-5-3-10(19)4-6-11/h3-9H,1-2H3,(H2,21,22,23,24). The van der Waals surface area contributed by atoms with Crippen molar-refractivity contribution in [1.82, 2.24) is 9.97 Å². The van der Waals surface area contributed by atoms with Gasteiger partial charge in [-0.05, 0) is 30.3 Å². The number of nitrogens with zero attached hydrogens (tertiary/aromatic N) is 3. The normalized spacial score (nSPS) is 10.3. The van der Waals surface area contributed by atoms with Gasteiger partial charge in [-0.2, -0.15) is 0 Å². The van der Waals surface area contributed by atoms with Crippen LogP contribution < -0.4 is 20.1 Å². The number of benzene rings is 2. The Morgan fingerprint density at radius 3 is 2.24 bits per heavy atom. The maximum atomic E-state index is 11.8. The van der Waals surface area contributed by atoms with Crippen LogP contribution in [-0.2, 0) is 0 Å². The van der Waals surface area contributed by atoms with Gasteiger partial charge < -0.3 is 20.1 Å². The average Bonchev–Trinajstić information content (AvgIpc) is 2.70. The molecule has 3 rings (SSSR count). The number of hydrogen-bond acceptors (Lipinski definition) is 8. The van der Waals surface area contributed by atoms with E-state index < -0.39 is 4.92 Å². The lowest BCUT2D eigenvalue weighted by Crippen LogP contribution is -2.06. The summed E-state index contributed by atoms with van der Waals surface area (Å²) in [4.78, 5) is 19.2. The Bertz CT molecular complexity index is 1050. The summed E-state index contributed by atoms with van der Waals surface area (Å²) in [5.74, 6) is 0.794. The molecule has 0 radical (unpaired) electrons. The van der Waals surface area contributed by atoms with Gasteiger partial charge in [0.15, 0.2) is 0 Å². The quantitative estimate of drug-likeness (QED) is 0.346. The zero-order valence-electron chi connectivity index (χ0n) is 15.3. The molecule has 0 fully saturated rings. The van der Waals surface area contributed by atoms with Crippen molar-refractivity contribution in [2.75, 3.05) is 24.9 Å². The van der Waals surface area contributed by atoms with Crippen LogP contribution in [0.5, 0.6) is 11.5 Å². The average molecular weight is 481 g/mol. The van der Waals surface area contributed by atoms with Gasteiger partial charge in [0.05, 0.1) is 29.9 Å². The van der Waals surface area contributed by atoms with E-state index in [2.05, 4.69) is 36.5 Å². The fraction of sp³-hybridized carbons (Fsp3) is 0.111. The summed E-state index contributed by atoms with van der Waals surface area (Å²) in [6.07, 6.45) is 1.22. The molecule has 11 heteroatoms. The maximum Gasteiger partial charge on any atom is 0.353 e. The number of nitro groups is 1. The van der Waals surface area contributed by atoms with E-state index in [1.165, 1.54) is 26.6 Å². The lowest BCUT2D eigenvalue weighted by molar-refractivity contribution is -0.383. The minimum absolute atomic E-state index is 0.0239. The van der Waals surface area contributed by atoms with Gasteiger partial charge in [0.25, 0.3) is 0 Å². The number of ether oxygens (including phenoxy) is 2. The zero-order chi connectivity index (χ0) is 21.0. The lowest BCUT2D eigenvalue weighted by Gasteiger charge is -2.14. The molecule has 150 valence electrons. The third kappa shape index (κ3) is 4.66. The number of rotatable bonds is 7. The molecule has 0 saturated heterocycles. The van der Waals surface area contributed by atoms with Crippen LogP contribution in [0.3, 0.4) is 0 Å². The molecule has 0 saturated carbocycles. The maximum absolute atomic E-state index is 11.8. The number of anilines is 4. The molecule has 0 amide bonds. The smallest absolute Gasteiger partial charge is 0.353 e.